The highest BCUT2D eigenvalue weighted by Gasteiger charge is 2.16. The van der Waals surface area contributed by atoms with Gasteiger partial charge in [-0.3, -0.25) is 0 Å². The van der Waals surface area contributed by atoms with Gasteiger partial charge in [0.15, 0.2) is 0 Å². The number of nitrogens with zero attached hydrogens (tertiary/aromatic N) is 4. The van der Waals surface area contributed by atoms with Gasteiger partial charge in [0.2, 0.25) is 0 Å². The summed E-state index contributed by atoms with van der Waals surface area (Å²) in [6, 6.07) is 33.8. The summed E-state index contributed by atoms with van der Waals surface area (Å²) in [7, 11) is 0. The van der Waals surface area contributed by atoms with Crippen LogP contribution in [0.25, 0.3) is 43.6 Å². The predicted molar refractivity (Wildman–Crippen MR) is 185 cm³/mol. The van der Waals surface area contributed by atoms with Crippen molar-refractivity contribution in [3.05, 3.63) is 97.1 Å². The van der Waals surface area contributed by atoms with Gasteiger partial charge in [0, 0.05) is 60.8 Å². The van der Waals surface area contributed by atoms with Gasteiger partial charge in [0.25, 0.3) is 0 Å². The Morgan fingerprint density at radius 3 is 1.09 bits per heavy atom. The first-order chi connectivity index (χ1) is 20.8. The SMILES string of the molecule is Cl.c1ccc2c(NCCCN3CCN(CCCNc4c5ccccc5nc5ccccc45)CC3)c3ccccc3nc2c1. The highest BCUT2D eigenvalue weighted by molar-refractivity contribution is 6.08. The molecule has 0 spiro atoms. The smallest absolute Gasteiger partial charge is 0.0730 e. The number of para-hydroxylation sites is 4. The Labute approximate surface area is 259 Å². The second-order valence-electron chi connectivity index (χ2n) is 11.3. The maximum atomic E-state index is 4.85. The molecule has 220 valence electrons. The molecular formula is C36H39ClN6. The first-order valence-corrected chi connectivity index (χ1v) is 15.3. The molecule has 1 saturated heterocycles. The number of rotatable bonds is 10. The molecule has 0 bridgehead atoms. The van der Waals surface area contributed by atoms with Crippen LogP contribution in [0.1, 0.15) is 12.8 Å². The fourth-order valence-corrected chi connectivity index (χ4v) is 6.33. The van der Waals surface area contributed by atoms with Crippen LogP contribution in [0.4, 0.5) is 11.4 Å². The zero-order valence-corrected chi connectivity index (χ0v) is 25.3. The Kier molecular flexibility index (Phi) is 9.18. The monoisotopic (exact) mass is 590 g/mol. The molecule has 4 aromatic carbocycles. The van der Waals surface area contributed by atoms with Gasteiger partial charge in [-0.15, -0.1) is 12.4 Å². The normalized spacial score (nSPS) is 14.3. The Hall–Kier alpha value is -3.97. The average molecular weight is 591 g/mol. The van der Waals surface area contributed by atoms with Gasteiger partial charge < -0.3 is 20.4 Å². The molecule has 43 heavy (non-hydrogen) atoms. The van der Waals surface area contributed by atoms with Crippen LogP contribution in [-0.4, -0.2) is 72.1 Å². The van der Waals surface area contributed by atoms with Gasteiger partial charge in [0.1, 0.15) is 0 Å². The number of hydrogen-bond donors (Lipinski definition) is 2. The summed E-state index contributed by atoms with van der Waals surface area (Å²) >= 11 is 0. The summed E-state index contributed by atoms with van der Waals surface area (Å²) in [5.74, 6) is 0. The third-order valence-electron chi connectivity index (χ3n) is 8.55. The third-order valence-corrected chi connectivity index (χ3v) is 8.55. The minimum atomic E-state index is 0. The molecule has 0 atom stereocenters. The van der Waals surface area contributed by atoms with Crippen molar-refractivity contribution in [3.63, 3.8) is 0 Å². The molecule has 6 aromatic rings. The molecular weight excluding hydrogens is 552 g/mol. The van der Waals surface area contributed by atoms with E-state index in [-0.39, 0.29) is 12.4 Å². The first-order valence-electron chi connectivity index (χ1n) is 15.3. The average Bonchev–Trinajstić information content (AvgIpc) is 3.04. The number of aromatic nitrogens is 2. The molecule has 2 aromatic heterocycles. The minimum Gasteiger partial charge on any atom is -0.384 e. The van der Waals surface area contributed by atoms with Crippen LogP contribution in [0, 0.1) is 0 Å². The Balaban J connectivity index is 0.00000329. The summed E-state index contributed by atoms with van der Waals surface area (Å²) in [6.07, 6.45) is 2.26. The van der Waals surface area contributed by atoms with Crippen LogP contribution < -0.4 is 10.6 Å². The summed E-state index contributed by atoms with van der Waals surface area (Å²) < 4.78 is 0. The number of pyridine rings is 2. The van der Waals surface area contributed by atoms with E-state index in [4.69, 9.17) is 9.97 Å². The predicted octanol–water partition coefficient (Wildman–Crippen LogP) is 7.43. The van der Waals surface area contributed by atoms with Gasteiger partial charge in [0.05, 0.1) is 33.4 Å². The largest absolute Gasteiger partial charge is 0.384 e. The molecule has 0 amide bonds. The van der Waals surface area contributed by atoms with Crippen LogP contribution in [0.15, 0.2) is 97.1 Å². The van der Waals surface area contributed by atoms with Crippen LogP contribution in [0.3, 0.4) is 0 Å². The van der Waals surface area contributed by atoms with E-state index in [1.807, 2.05) is 0 Å². The topological polar surface area (TPSA) is 56.3 Å². The van der Waals surface area contributed by atoms with Crippen LogP contribution >= 0.6 is 12.4 Å². The lowest BCUT2D eigenvalue weighted by Gasteiger charge is -2.34. The van der Waals surface area contributed by atoms with Crippen molar-refractivity contribution in [1.82, 2.24) is 19.8 Å². The van der Waals surface area contributed by atoms with Crippen molar-refractivity contribution in [2.45, 2.75) is 12.8 Å². The van der Waals surface area contributed by atoms with E-state index in [1.165, 1.54) is 32.9 Å². The molecule has 2 N–H and O–H groups in total. The van der Waals surface area contributed by atoms with E-state index in [9.17, 15) is 0 Å². The molecule has 6 nitrogen and oxygen atoms in total. The fraction of sp³-hybridized carbons (Fsp3) is 0.278. The van der Waals surface area contributed by atoms with E-state index in [2.05, 4.69) is 117 Å². The zero-order valence-electron chi connectivity index (χ0n) is 24.5. The molecule has 1 fully saturated rings. The number of nitrogens with one attached hydrogen (secondary N) is 2. The van der Waals surface area contributed by atoms with Crippen molar-refractivity contribution in [2.24, 2.45) is 0 Å². The van der Waals surface area contributed by atoms with Crippen molar-refractivity contribution < 1.29 is 0 Å². The summed E-state index contributed by atoms with van der Waals surface area (Å²) in [6.45, 7) is 8.77. The van der Waals surface area contributed by atoms with Gasteiger partial charge >= 0.3 is 0 Å². The number of anilines is 2. The Morgan fingerprint density at radius 1 is 0.465 bits per heavy atom. The van der Waals surface area contributed by atoms with Gasteiger partial charge in [-0.2, -0.15) is 0 Å². The molecule has 3 heterocycles. The van der Waals surface area contributed by atoms with E-state index in [0.717, 1.165) is 87.3 Å². The van der Waals surface area contributed by atoms with Crippen LogP contribution in [0.2, 0.25) is 0 Å². The molecule has 1 aliphatic heterocycles. The summed E-state index contributed by atoms with van der Waals surface area (Å²) in [5, 5.41) is 12.3. The van der Waals surface area contributed by atoms with E-state index >= 15 is 0 Å². The van der Waals surface area contributed by atoms with Gasteiger partial charge in [-0.05, 0) is 50.2 Å². The summed E-state index contributed by atoms with van der Waals surface area (Å²) in [4.78, 5) is 14.9. The molecule has 1 aliphatic rings. The second kappa shape index (κ2) is 13.6. The Bertz CT molecular complexity index is 1590. The quantitative estimate of drug-likeness (QED) is 0.128. The van der Waals surface area contributed by atoms with E-state index in [0.29, 0.717) is 0 Å². The highest BCUT2D eigenvalue weighted by Crippen LogP contribution is 2.31. The van der Waals surface area contributed by atoms with Crippen LogP contribution in [0.5, 0.6) is 0 Å². The number of hydrogen-bond acceptors (Lipinski definition) is 6. The standard InChI is InChI=1S/C36H38N6.ClH/c1-5-15-31-27(11-1)35(28-12-2-6-16-32(28)39-31)37-19-9-21-41-23-25-42(26-24-41)22-10-20-38-36-29-13-3-7-17-33(29)40-34-18-8-4-14-30(34)36;/h1-8,11-18H,9-10,19-26H2,(H,37,39)(H,38,40);1H. The lowest BCUT2D eigenvalue weighted by molar-refractivity contribution is 0.132. The number of halogens is 1. The first kappa shape index (κ1) is 29.1. The molecule has 0 aliphatic carbocycles. The summed E-state index contributed by atoms with van der Waals surface area (Å²) in [5.41, 5.74) is 6.62. The fourth-order valence-electron chi connectivity index (χ4n) is 6.33. The lowest BCUT2D eigenvalue weighted by Crippen LogP contribution is -2.47. The highest BCUT2D eigenvalue weighted by atomic mass is 35.5. The van der Waals surface area contributed by atoms with Crippen molar-refractivity contribution >= 4 is 67.4 Å². The van der Waals surface area contributed by atoms with Crippen molar-refractivity contribution in [1.29, 1.82) is 0 Å². The number of benzene rings is 4. The lowest BCUT2D eigenvalue weighted by atomic mass is 10.1. The van der Waals surface area contributed by atoms with Crippen molar-refractivity contribution in [2.75, 3.05) is 63.0 Å². The van der Waals surface area contributed by atoms with E-state index < -0.39 is 0 Å². The minimum absolute atomic E-state index is 0. The molecule has 0 saturated carbocycles. The molecule has 0 unspecified atom stereocenters. The zero-order chi connectivity index (χ0) is 28.1. The third kappa shape index (κ3) is 6.37. The maximum Gasteiger partial charge on any atom is 0.0730 e. The Morgan fingerprint density at radius 2 is 0.767 bits per heavy atom. The maximum absolute atomic E-state index is 4.85. The number of fused-ring (bicyclic) bond motifs is 4. The van der Waals surface area contributed by atoms with Gasteiger partial charge in [-0.1, -0.05) is 72.8 Å². The van der Waals surface area contributed by atoms with Crippen LogP contribution in [-0.2, 0) is 0 Å². The second-order valence-corrected chi connectivity index (χ2v) is 11.3. The molecule has 7 heteroatoms. The van der Waals surface area contributed by atoms with Crippen molar-refractivity contribution in [3.8, 4) is 0 Å². The molecule has 7 rings (SSSR count). The van der Waals surface area contributed by atoms with Gasteiger partial charge in [-0.25, -0.2) is 9.97 Å². The number of piperazine rings is 1. The van der Waals surface area contributed by atoms with E-state index in [1.54, 1.807) is 0 Å². The molecule has 0 radical (unpaired) electrons.